The summed E-state index contributed by atoms with van der Waals surface area (Å²) in [7, 11) is 1.62. The molecule has 0 aliphatic carbocycles. The van der Waals surface area contributed by atoms with E-state index >= 15 is 0 Å². The Labute approximate surface area is 123 Å². The zero-order valence-corrected chi connectivity index (χ0v) is 11.7. The first-order valence-electron chi connectivity index (χ1n) is 6.73. The Bertz CT molecular complexity index is 662. The van der Waals surface area contributed by atoms with E-state index in [0.717, 1.165) is 11.3 Å². The molecule has 0 spiro atoms. The summed E-state index contributed by atoms with van der Waals surface area (Å²) < 4.78 is 10.8. The number of hydrogen-bond acceptors (Lipinski definition) is 4. The van der Waals surface area contributed by atoms with Crippen LogP contribution in [0.2, 0.25) is 0 Å². The second-order valence-electron chi connectivity index (χ2n) is 4.71. The fraction of sp³-hybridized carbons (Fsp3) is 0.176. The lowest BCUT2D eigenvalue weighted by Gasteiger charge is -2.10. The zero-order chi connectivity index (χ0) is 14.7. The van der Waals surface area contributed by atoms with Gasteiger partial charge in [-0.15, -0.1) is 0 Å². The summed E-state index contributed by atoms with van der Waals surface area (Å²) in [6, 6.07) is 16.6. The number of carbonyl (C=O) groups is 1. The van der Waals surface area contributed by atoms with Crippen LogP contribution >= 0.6 is 0 Å². The lowest BCUT2D eigenvalue weighted by molar-refractivity contribution is 0.0817. The van der Waals surface area contributed by atoms with Crippen molar-refractivity contribution in [3.8, 4) is 5.75 Å². The summed E-state index contributed by atoms with van der Waals surface area (Å²) in [6.07, 6.45) is -0.537. The van der Waals surface area contributed by atoms with E-state index in [2.05, 4.69) is 4.99 Å². The summed E-state index contributed by atoms with van der Waals surface area (Å²) in [5.74, 6) is 1.24. The van der Waals surface area contributed by atoms with E-state index in [9.17, 15) is 4.79 Å². The second kappa shape index (κ2) is 5.79. The van der Waals surface area contributed by atoms with Crippen LogP contribution in [0.1, 0.15) is 15.9 Å². The van der Waals surface area contributed by atoms with Crippen molar-refractivity contribution >= 4 is 11.7 Å². The first-order chi connectivity index (χ1) is 10.3. The molecule has 4 heteroatoms. The quantitative estimate of drug-likeness (QED) is 0.810. The van der Waals surface area contributed by atoms with Crippen molar-refractivity contribution in [3.05, 3.63) is 65.7 Å². The topological polar surface area (TPSA) is 47.9 Å². The van der Waals surface area contributed by atoms with Gasteiger partial charge < -0.3 is 9.47 Å². The molecule has 0 saturated heterocycles. The Kier molecular flexibility index (Phi) is 3.69. The highest BCUT2D eigenvalue weighted by atomic mass is 16.5. The number of aliphatic imine (C=N–C) groups is 1. The molecule has 3 rings (SSSR count). The average Bonchev–Trinajstić information content (AvgIpc) is 3.05. The Balaban J connectivity index is 1.71. The van der Waals surface area contributed by atoms with Crippen LogP contribution in [0.4, 0.5) is 0 Å². The molecule has 4 nitrogen and oxygen atoms in total. The van der Waals surface area contributed by atoms with Crippen LogP contribution in [0.25, 0.3) is 0 Å². The van der Waals surface area contributed by atoms with Crippen molar-refractivity contribution in [1.29, 1.82) is 0 Å². The van der Waals surface area contributed by atoms with Crippen molar-refractivity contribution in [1.82, 2.24) is 0 Å². The molecule has 1 atom stereocenters. The van der Waals surface area contributed by atoms with Gasteiger partial charge in [-0.2, -0.15) is 0 Å². The fourth-order valence-electron chi connectivity index (χ4n) is 2.19. The molecule has 21 heavy (non-hydrogen) atoms. The molecule has 1 aliphatic rings. The predicted molar refractivity (Wildman–Crippen MR) is 80.0 cm³/mol. The molecule has 1 aliphatic heterocycles. The van der Waals surface area contributed by atoms with E-state index in [-0.39, 0.29) is 5.78 Å². The van der Waals surface area contributed by atoms with Crippen LogP contribution in [0.3, 0.4) is 0 Å². The van der Waals surface area contributed by atoms with Crippen LogP contribution in [0.5, 0.6) is 5.75 Å². The number of rotatable bonds is 4. The van der Waals surface area contributed by atoms with E-state index < -0.39 is 6.10 Å². The maximum Gasteiger partial charge on any atom is 0.217 e. The van der Waals surface area contributed by atoms with Crippen LogP contribution in [-0.4, -0.2) is 31.4 Å². The van der Waals surface area contributed by atoms with Crippen molar-refractivity contribution in [3.63, 3.8) is 0 Å². The van der Waals surface area contributed by atoms with E-state index in [1.807, 2.05) is 42.5 Å². The monoisotopic (exact) mass is 281 g/mol. The molecule has 1 unspecified atom stereocenters. The molecular formula is C17H15NO3. The first kappa shape index (κ1) is 13.4. The van der Waals surface area contributed by atoms with E-state index in [0.29, 0.717) is 18.0 Å². The number of nitrogens with zero attached hydrogens (tertiary/aromatic N) is 1. The Morgan fingerprint density at radius 1 is 1.14 bits per heavy atom. The maximum atomic E-state index is 12.3. The van der Waals surface area contributed by atoms with Crippen molar-refractivity contribution in [2.75, 3.05) is 13.7 Å². The second-order valence-corrected chi connectivity index (χ2v) is 4.71. The number of ether oxygens (including phenoxy) is 2. The normalized spacial score (nSPS) is 17.0. The molecule has 106 valence electrons. The molecule has 0 amide bonds. The van der Waals surface area contributed by atoms with Gasteiger partial charge in [-0.1, -0.05) is 30.3 Å². The molecule has 2 aromatic rings. The van der Waals surface area contributed by atoms with E-state index in [1.165, 1.54) is 0 Å². The van der Waals surface area contributed by atoms with Gasteiger partial charge in [-0.3, -0.25) is 4.79 Å². The molecule has 0 aromatic heterocycles. The lowest BCUT2D eigenvalue weighted by atomic mass is 10.1. The highest BCUT2D eigenvalue weighted by Crippen LogP contribution is 2.18. The molecule has 0 fully saturated rings. The fourth-order valence-corrected chi connectivity index (χ4v) is 2.19. The zero-order valence-electron chi connectivity index (χ0n) is 11.7. The third kappa shape index (κ3) is 2.79. The van der Waals surface area contributed by atoms with Gasteiger partial charge in [0, 0.05) is 11.1 Å². The molecular weight excluding hydrogens is 266 g/mol. The summed E-state index contributed by atoms with van der Waals surface area (Å²) >= 11 is 0. The van der Waals surface area contributed by atoms with E-state index in [1.54, 1.807) is 19.2 Å². The van der Waals surface area contributed by atoms with Crippen LogP contribution in [-0.2, 0) is 4.74 Å². The van der Waals surface area contributed by atoms with Crippen molar-refractivity contribution < 1.29 is 14.3 Å². The van der Waals surface area contributed by atoms with Gasteiger partial charge in [0.05, 0.1) is 13.7 Å². The number of carbonyl (C=O) groups excluding carboxylic acids is 1. The van der Waals surface area contributed by atoms with Gasteiger partial charge >= 0.3 is 0 Å². The van der Waals surface area contributed by atoms with Crippen LogP contribution < -0.4 is 4.74 Å². The summed E-state index contributed by atoms with van der Waals surface area (Å²) in [5, 5.41) is 0. The highest BCUT2D eigenvalue weighted by Gasteiger charge is 2.28. The Hall–Kier alpha value is -2.62. The minimum atomic E-state index is -0.537. The number of ketones is 1. The van der Waals surface area contributed by atoms with Gasteiger partial charge in [-0.25, -0.2) is 4.99 Å². The third-order valence-corrected chi connectivity index (χ3v) is 3.34. The summed E-state index contributed by atoms with van der Waals surface area (Å²) in [6.45, 7) is 0.356. The van der Waals surface area contributed by atoms with Gasteiger partial charge in [0.25, 0.3) is 0 Å². The molecule has 0 N–H and O–H groups in total. The molecule has 0 radical (unpaired) electrons. The molecule has 2 aromatic carbocycles. The smallest absolute Gasteiger partial charge is 0.217 e. The van der Waals surface area contributed by atoms with Gasteiger partial charge in [0.15, 0.2) is 6.10 Å². The molecule has 0 bridgehead atoms. The SMILES string of the molecule is COc1ccc(C2=NCC(C(=O)c3ccccc3)O2)cc1. The summed E-state index contributed by atoms with van der Waals surface area (Å²) in [5.41, 5.74) is 1.49. The summed E-state index contributed by atoms with van der Waals surface area (Å²) in [4.78, 5) is 16.6. The number of methoxy groups -OCH3 is 1. The van der Waals surface area contributed by atoms with Gasteiger partial charge in [0.2, 0.25) is 11.7 Å². The Morgan fingerprint density at radius 2 is 1.86 bits per heavy atom. The molecule has 0 saturated carbocycles. The minimum absolute atomic E-state index is 0.0390. The molecule has 1 heterocycles. The minimum Gasteiger partial charge on any atom is -0.497 e. The van der Waals surface area contributed by atoms with Crippen LogP contribution in [0.15, 0.2) is 59.6 Å². The predicted octanol–water partition coefficient (Wildman–Crippen LogP) is 2.72. The van der Waals surface area contributed by atoms with Crippen LogP contribution in [0, 0.1) is 0 Å². The number of benzene rings is 2. The lowest BCUT2D eigenvalue weighted by Crippen LogP contribution is -2.24. The average molecular weight is 281 g/mol. The maximum absolute atomic E-state index is 12.3. The first-order valence-corrected chi connectivity index (χ1v) is 6.73. The van der Waals surface area contributed by atoms with Gasteiger partial charge in [0.1, 0.15) is 5.75 Å². The number of Topliss-reactive ketones (excluding diaryl/α,β-unsaturated/α-hetero) is 1. The van der Waals surface area contributed by atoms with Crippen molar-refractivity contribution in [2.45, 2.75) is 6.10 Å². The third-order valence-electron chi connectivity index (χ3n) is 3.34. The van der Waals surface area contributed by atoms with Crippen molar-refractivity contribution in [2.24, 2.45) is 4.99 Å². The Morgan fingerprint density at radius 3 is 2.52 bits per heavy atom. The van der Waals surface area contributed by atoms with Gasteiger partial charge in [-0.05, 0) is 24.3 Å². The number of hydrogen-bond donors (Lipinski definition) is 0. The highest BCUT2D eigenvalue weighted by molar-refractivity contribution is 6.04. The largest absolute Gasteiger partial charge is 0.497 e. The van der Waals surface area contributed by atoms with E-state index in [4.69, 9.17) is 9.47 Å². The standard InChI is InChI=1S/C17H15NO3/c1-20-14-9-7-13(8-10-14)17-18-11-15(21-17)16(19)12-5-3-2-4-6-12/h2-10,15H,11H2,1H3.